The summed E-state index contributed by atoms with van der Waals surface area (Å²) >= 11 is -1.20. The Kier molecular flexibility index (Phi) is 6.54. The second-order valence-corrected chi connectivity index (χ2v) is 10.8. The van der Waals surface area contributed by atoms with Crippen molar-refractivity contribution in [2.75, 3.05) is 0 Å². The van der Waals surface area contributed by atoms with Gasteiger partial charge in [-0.2, -0.15) is 0 Å². The van der Waals surface area contributed by atoms with E-state index >= 15 is 0 Å². The zero-order valence-corrected chi connectivity index (χ0v) is 17.2. The fraction of sp³-hybridized carbons (Fsp3) is 0.789. The van der Waals surface area contributed by atoms with Crippen LogP contribution in [0.4, 0.5) is 0 Å². The fourth-order valence-electron chi connectivity index (χ4n) is 4.79. The molecule has 0 aromatic carbocycles. The minimum atomic E-state index is -1.20. The molecule has 1 rings (SSSR count). The van der Waals surface area contributed by atoms with Crippen molar-refractivity contribution in [1.82, 2.24) is 0 Å². The number of rotatable bonds is 7. The summed E-state index contributed by atoms with van der Waals surface area (Å²) in [7, 11) is 0. The van der Waals surface area contributed by atoms with Crippen LogP contribution in [0.3, 0.4) is 0 Å². The van der Waals surface area contributed by atoms with E-state index in [2.05, 4.69) is 52.0 Å². The van der Waals surface area contributed by atoms with Crippen LogP contribution in [-0.2, 0) is 17.9 Å². The van der Waals surface area contributed by atoms with Gasteiger partial charge >= 0.3 is 139 Å². The molecule has 0 fully saturated rings. The van der Waals surface area contributed by atoms with Gasteiger partial charge in [-0.05, 0) is 0 Å². The Morgan fingerprint density at radius 3 is 1.76 bits per heavy atom. The minimum absolute atomic E-state index is 0.121. The SMILES string of the molecule is CCC1=C(CC)C(CC)(C(C)(N)CC)[C]([Ti]([CH3])[CH3])=C1CC. The molecule has 0 spiro atoms. The molecule has 0 saturated heterocycles. The zero-order valence-electron chi connectivity index (χ0n) is 15.6. The molecule has 1 aliphatic carbocycles. The average Bonchev–Trinajstić information content (AvgIpc) is 2.76. The van der Waals surface area contributed by atoms with E-state index in [1.54, 1.807) is 16.7 Å². The molecule has 21 heavy (non-hydrogen) atoms. The van der Waals surface area contributed by atoms with Crippen LogP contribution in [-0.4, -0.2) is 5.54 Å². The maximum atomic E-state index is 6.95. The van der Waals surface area contributed by atoms with E-state index in [0.717, 1.165) is 19.3 Å². The molecule has 2 unspecified atom stereocenters. The van der Waals surface area contributed by atoms with Crippen LogP contribution >= 0.6 is 0 Å². The summed E-state index contributed by atoms with van der Waals surface area (Å²) in [6.07, 6.45) is 5.72. The Bertz CT molecular complexity index is 442. The van der Waals surface area contributed by atoms with Crippen molar-refractivity contribution in [1.29, 1.82) is 0 Å². The molecule has 0 heterocycles. The Morgan fingerprint density at radius 2 is 1.48 bits per heavy atom. The van der Waals surface area contributed by atoms with Gasteiger partial charge < -0.3 is 0 Å². The molecule has 2 N–H and O–H groups in total. The van der Waals surface area contributed by atoms with E-state index in [-0.39, 0.29) is 11.0 Å². The van der Waals surface area contributed by atoms with Gasteiger partial charge in [0.05, 0.1) is 0 Å². The Labute approximate surface area is 139 Å². The number of hydrogen-bond donors (Lipinski definition) is 1. The summed E-state index contributed by atoms with van der Waals surface area (Å²) in [5.41, 5.74) is 12.0. The first-order chi connectivity index (χ1) is 9.78. The quantitative estimate of drug-likeness (QED) is 0.569. The molecule has 121 valence electrons. The average molecular weight is 326 g/mol. The Morgan fingerprint density at radius 1 is 0.952 bits per heavy atom. The molecule has 0 aromatic rings. The van der Waals surface area contributed by atoms with E-state index < -0.39 is 17.9 Å². The summed E-state index contributed by atoms with van der Waals surface area (Å²) in [4.78, 5) is 0. The van der Waals surface area contributed by atoms with Gasteiger partial charge in [-0.15, -0.1) is 0 Å². The van der Waals surface area contributed by atoms with Crippen LogP contribution in [0.25, 0.3) is 0 Å². The zero-order chi connectivity index (χ0) is 16.4. The fourth-order valence-corrected chi connectivity index (χ4v) is 8.53. The molecule has 0 aromatic heterocycles. The summed E-state index contributed by atoms with van der Waals surface area (Å²) in [5.74, 6) is 0. The van der Waals surface area contributed by atoms with Gasteiger partial charge in [0.15, 0.2) is 0 Å². The molecule has 0 bridgehead atoms. The van der Waals surface area contributed by atoms with Crippen LogP contribution in [0, 0.1) is 5.41 Å². The van der Waals surface area contributed by atoms with Crippen LogP contribution < -0.4 is 5.73 Å². The van der Waals surface area contributed by atoms with Crippen LogP contribution in [0.1, 0.15) is 73.6 Å². The second kappa shape index (κ2) is 7.15. The molecule has 1 nitrogen and oxygen atoms in total. The van der Waals surface area contributed by atoms with Crippen molar-refractivity contribution < 1.29 is 17.9 Å². The van der Waals surface area contributed by atoms with Gasteiger partial charge in [0.1, 0.15) is 0 Å². The first kappa shape index (κ1) is 19.2. The second-order valence-electron chi connectivity index (χ2n) is 6.90. The molecule has 2 atom stereocenters. The van der Waals surface area contributed by atoms with Crippen molar-refractivity contribution in [2.45, 2.75) is 89.6 Å². The molecule has 2 heteroatoms. The van der Waals surface area contributed by atoms with Crippen LogP contribution in [0.2, 0.25) is 10.5 Å². The van der Waals surface area contributed by atoms with Gasteiger partial charge in [-0.3, -0.25) is 0 Å². The summed E-state index contributed by atoms with van der Waals surface area (Å²) in [6.45, 7) is 13.9. The van der Waals surface area contributed by atoms with Gasteiger partial charge in [0.25, 0.3) is 0 Å². The predicted molar refractivity (Wildman–Crippen MR) is 92.3 cm³/mol. The van der Waals surface area contributed by atoms with Gasteiger partial charge in [-0.25, -0.2) is 0 Å². The van der Waals surface area contributed by atoms with Gasteiger partial charge in [0.2, 0.25) is 0 Å². The van der Waals surface area contributed by atoms with Crippen molar-refractivity contribution >= 4 is 0 Å². The molecular formula is C19H36NTi. The maximum absolute atomic E-state index is 6.95. The predicted octanol–water partition coefficient (Wildman–Crippen LogP) is 6.02. The normalized spacial score (nSPS) is 25.6. The topological polar surface area (TPSA) is 26.0 Å². The first-order valence-electron chi connectivity index (χ1n) is 8.84. The van der Waals surface area contributed by atoms with E-state index in [9.17, 15) is 0 Å². The third kappa shape index (κ3) is 2.75. The summed E-state index contributed by atoms with van der Waals surface area (Å²) < 4.78 is 1.81. The van der Waals surface area contributed by atoms with Gasteiger partial charge in [-0.1, -0.05) is 0 Å². The summed E-state index contributed by atoms with van der Waals surface area (Å²) in [6, 6.07) is 0. The van der Waals surface area contributed by atoms with Crippen molar-refractivity contribution in [3.63, 3.8) is 0 Å². The van der Waals surface area contributed by atoms with Crippen molar-refractivity contribution in [3.8, 4) is 0 Å². The molecule has 0 radical (unpaired) electrons. The van der Waals surface area contributed by atoms with Gasteiger partial charge in [0, 0.05) is 0 Å². The van der Waals surface area contributed by atoms with Crippen molar-refractivity contribution in [2.24, 2.45) is 11.1 Å². The number of allylic oxidation sites excluding steroid dienone is 2. The van der Waals surface area contributed by atoms with E-state index in [4.69, 9.17) is 5.73 Å². The van der Waals surface area contributed by atoms with Crippen molar-refractivity contribution in [3.05, 3.63) is 20.6 Å². The first-order valence-corrected chi connectivity index (χ1v) is 12.7. The molecule has 0 aliphatic heterocycles. The molecular weight excluding hydrogens is 290 g/mol. The van der Waals surface area contributed by atoms with Crippen LogP contribution in [0.5, 0.6) is 0 Å². The molecule has 0 saturated carbocycles. The monoisotopic (exact) mass is 326 g/mol. The molecule has 0 amide bonds. The number of hydrogen-bond acceptors (Lipinski definition) is 1. The van der Waals surface area contributed by atoms with E-state index in [1.165, 1.54) is 12.8 Å². The third-order valence-electron chi connectivity index (χ3n) is 5.77. The molecule has 1 aliphatic rings. The third-order valence-corrected chi connectivity index (χ3v) is 8.47. The Balaban J connectivity index is 3.79. The van der Waals surface area contributed by atoms with E-state index in [0.29, 0.717) is 0 Å². The standard InChI is InChI=1S/C17H30N.2CH3.Ti/c1-7-13-12-17(11-5,16(6,18)10-4)15(9-3)14(13)8-2;;;/h7-11,18H2,1-6H3;2*1H3;. The number of nitrogens with two attached hydrogens (primary N) is 1. The van der Waals surface area contributed by atoms with E-state index in [1.807, 2.05) is 3.88 Å². The summed E-state index contributed by atoms with van der Waals surface area (Å²) in [5, 5.41) is 5.04. The van der Waals surface area contributed by atoms with Crippen LogP contribution in [0.15, 0.2) is 20.6 Å². The Hall–Kier alpha value is 0.154.